The van der Waals surface area contributed by atoms with Crippen LogP contribution in [-0.4, -0.2) is 84.5 Å². The van der Waals surface area contributed by atoms with Crippen molar-refractivity contribution in [3.8, 4) is 0 Å². The van der Waals surface area contributed by atoms with Crippen LogP contribution in [0.1, 0.15) is 11.8 Å². The number of aliphatic hydroxyl groups excluding tert-OH is 2. The molecule has 0 aliphatic carbocycles. The van der Waals surface area contributed by atoms with E-state index in [-0.39, 0.29) is 18.5 Å². The van der Waals surface area contributed by atoms with E-state index >= 15 is 0 Å². The summed E-state index contributed by atoms with van der Waals surface area (Å²) >= 11 is 6.20. The van der Waals surface area contributed by atoms with Crippen LogP contribution in [0.15, 0.2) is 36.5 Å². The number of aliphatic hydroxyl groups is 2. The highest BCUT2D eigenvalue weighted by Gasteiger charge is 2.45. The van der Waals surface area contributed by atoms with E-state index in [1.165, 1.54) is 10.9 Å². The smallest absolute Gasteiger partial charge is 0.327 e. The molecule has 1 saturated heterocycles. The molecule has 1 aliphatic heterocycles. The number of aromatic nitrogens is 4. The van der Waals surface area contributed by atoms with Gasteiger partial charge in [-0.2, -0.15) is 15.1 Å². The van der Waals surface area contributed by atoms with Crippen LogP contribution >= 0.6 is 19.2 Å². The van der Waals surface area contributed by atoms with E-state index in [0.717, 1.165) is 5.56 Å². The van der Waals surface area contributed by atoms with Crippen molar-refractivity contribution in [2.24, 2.45) is 0 Å². The summed E-state index contributed by atoms with van der Waals surface area (Å²) in [7, 11) is -2.34. The van der Waals surface area contributed by atoms with E-state index in [0.29, 0.717) is 23.4 Å². The molecule has 3 heterocycles. The molecule has 2 aromatic heterocycles. The minimum atomic E-state index is -4.20. The second-order valence-electron chi connectivity index (χ2n) is 7.99. The van der Waals surface area contributed by atoms with Gasteiger partial charge in [-0.3, -0.25) is 4.57 Å². The summed E-state index contributed by atoms with van der Waals surface area (Å²) in [5.41, 5.74) is 1.38. The molecule has 14 heteroatoms. The van der Waals surface area contributed by atoms with Gasteiger partial charge in [0.2, 0.25) is 5.28 Å². The van der Waals surface area contributed by atoms with Crippen molar-refractivity contribution >= 4 is 36.0 Å². The van der Waals surface area contributed by atoms with Crippen LogP contribution in [0.3, 0.4) is 0 Å². The summed E-state index contributed by atoms with van der Waals surface area (Å²) in [4.78, 5) is 28.3. The monoisotopic (exact) mass is 513 g/mol. The summed E-state index contributed by atoms with van der Waals surface area (Å²) in [6.45, 7) is 0.167. The number of halogens is 1. The molecule has 184 valence electrons. The zero-order valence-corrected chi connectivity index (χ0v) is 19.8. The SMILES string of the molecule is CN(Cc1ccccc1)c1nc(Cl)nc2c1cnn2[C@H]1O[C@H](COCCP(=O)(O)O)[C@@H](O)[C@H]1O. The first-order valence-electron chi connectivity index (χ1n) is 10.4. The van der Waals surface area contributed by atoms with Gasteiger partial charge in [-0.25, -0.2) is 4.68 Å². The average molecular weight is 514 g/mol. The van der Waals surface area contributed by atoms with Crippen molar-refractivity contribution in [1.82, 2.24) is 19.7 Å². The molecule has 1 aliphatic rings. The molecule has 12 nitrogen and oxygen atoms in total. The van der Waals surface area contributed by atoms with Crippen LogP contribution in [-0.2, 0) is 20.6 Å². The van der Waals surface area contributed by atoms with Crippen LogP contribution in [0, 0.1) is 0 Å². The maximum Gasteiger partial charge on any atom is 0.327 e. The summed E-state index contributed by atoms with van der Waals surface area (Å²) in [6, 6.07) is 9.81. The third kappa shape index (κ3) is 5.56. The molecule has 3 aromatic rings. The van der Waals surface area contributed by atoms with Crippen molar-refractivity contribution in [3.63, 3.8) is 0 Å². The molecule has 4 N–H and O–H groups in total. The molecule has 0 spiro atoms. The Morgan fingerprint density at radius 1 is 1.21 bits per heavy atom. The Morgan fingerprint density at radius 3 is 2.65 bits per heavy atom. The van der Waals surface area contributed by atoms with Crippen LogP contribution in [0.2, 0.25) is 5.28 Å². The molecular formula is C20H25ClN5O7P. The Balaban J connectivity index is 1.53. The molecule has 0 bridgehead atoms. The van der Waals surface area contributed by atoms with Crippen molar-refractivity contribution in [2.75, 3.05) is 31.3 Å². The first kappa shape index (κ1) is 25.0. The fraction of sp³-hybridized carbons (Fsp3) is 0.450. The number of benzene rings is 1. The number of fused-ring (bicyclic) bond motifs is 1. The molecule has 4 atom stereocenters. The zero-order chi connectivity index (χ0) is 24.5. The zero-order valence-electron chi connectivity index (χ0n) is 18.2. The van der Waals surface area contributed by atoms with Gasteiger partial charge in [0, 0.05) is 13.6 Å². The lowest BCUT2D eigenvalue weighted by atomic mass is 10.1. The van der Waals surface area contributed by atoms with Crippen LogP contribution in [0.5, 0.6) is 0 Å². The summed E-state index contributed by atoms with van der Waals surface area (Å²) in [6.07, 6.45) is -3.60. The summed E-state index contributed by atoms with van der Waals surface area (Å²) in [5, 5.41) is 25.9. The average Bonchev–Trinajstić information content (AvgIpc) is 3.32. The van der Waals surface area contributed by atoms with Crippen LogP contribution in [0.25, 0.3) is 11.0 Å². The molecule has 1 fully saturated rings. The predicted octanol–water partition coefficient (Wildman–Crippen LogP) is 0.930. The summed E-state index contributed by atoms with van der Waals surface area (Å²) < 4.78 is 23.3. The Morgan fingerprint density at radius 2 is 1.94 bits per heavy atom. The van der Waals surface area contributed by atoms with Gasteiger partial charge in [-0.1, -0.05) is 30.3 Å². The Kier molecular flexibility index (Phi) is 7.51. The number of rotatable bonds is 9. The minimum Gasteiger partial charge on any atom is -0.387 e. The highest BCUT2D eigenvalue weighted by Crippen LogP contribution is 2.35. The normalized spacial score (nSPS) is 23.0. The van der Waals surface area contributed by atoms with E-state index in [2.05, 4.69) is 15.1 Å². The van der Waals surface area contributed by atoms with Crippen LogP contribution in [0.4, 0.5) is 5.82 Å². The molecule has 1 aromatic carbocycles. The standard InChI is InChI=1S/C20H25ClN5O7P/c1-25(10-12-5-3-2-4-6-12)17-13-9-22-26(18(13)24-20(21)23-17)19-16(28)15(27)14(33-19)11-32-7-8-34(29,30)31/h2-6,9,14-16,19,27-28H,7-8,10-11H2,1H3,(H2,29,30,31)/t14-,15-,16-,19+/m1/s1. The third-order valence-electron chi connectivity index (χ3n) is 5.42. The van der Waals surface area contributed by atoms with Gasteiger partial charge in [0.05, 0.1) is 31.0 Å². The van der Waals surface area contributed by atoms with E-state index in [1.54, 1.807) is 0 Å². The summed E-state index contributed by atoms with van der Waals surface area (Å²) in [5.74, 6) is 0.537. The van der Waals surface area contributed by atoms with Crippen molar-refractivity contribution in [3.05, 3.63) is 47.4 Å². The number of hydrogen-bond donors (Lipinski definition) is 4. The third-order valence-corrected chi connectivity index (χ3v) is 6.35. The van der Waals surface area contributed by atoms with Crippen molar-refractivity contribution < 1.29 is 34.0 Å². The Labute approximate surface area is 199 Å². The number of anilines is 1. The molecule has 0 amide bonds. The quantitative estimate of drug-likeness (QED) is 0.183. The molecule has 4 rings (SSSR count). The van der Waals surface area contributed by atoms with E-state index in [9.17, 15) is 14.8 Å². The largest absolute Gasteiger partial charge is 0.387 e. The molecule has 0 unspecified atom stereocenters. The van der Waals surface area contributed by atoms with Gasteiger partial charge < -0.3 is 34.4 Å². The van der Waals surface area contributed by atoms with Gasteiger partial charge in [-0.05, 0) is 17.2 Å². The molecular weight excluding hydrogens is 489 g/mol. The number of hydrogen-bond acceptors (Lipinski definition) is 9. The lowest BCUT2D eigenvalue weighted by Gasteiger charge is -2.20. The maximum absolute atomic E-state index is 10.9. The van der Waals surface area contributed by atoms with Crippen molar-refractivity contribution in [2.45, 2.75) is 31.1 Å². The topological polar surface area (TPSA) is 163 Å². The Bertz CT molecular complexity index is 1180. The fourth-order valence-electron chi connectivity index (χ4n) is 3.75. The highest BCUT2D eigenvalue weighted by atomic mass is 35.5. The van der Waals surface area contributed by atoms with Crippen molar-refractivity contribution in [1.29, 1.82) is 0 Å². The predicted molar refractivity (Wildman–Crippen MR) is 123 cm³/mol. The maximum atomic E-state index is 10.9. The minimum absolute atomic E-state index is 0.0190. The van der Waals surface area contributed by atoms with Gasteiger partial charge in [0.1, 0.15) is 24.1 Å². The lowest BCUT2D eigenvalue weighted by Crippen LogP contribution is -2.34. The fourth-order valence-corrected chi connectivity index (χ4v) is 4.27. The number of nitrogens with zero attached hydrogens (tertiary/aromatic N) is 5. The Hall–Kier alpha value is -2.15. The lowest BCUT2D eigenvalue weighted by molar-refractivity contribution is -0.0681. The second kappa shape index (κ2) is 10.2. The highest BCUT2D eigenvalue weighted by molar-refractivity contribution is 7.51. The molecule has 0 radical (unpaired) electrons. The van der Waals surface area contributed by atoms with E-state index in [4.69, 9.17) is 30.9 Å². The van der Waals surface area contributed by atoms with Crippen LogP contribution < -0.4 is 4.90 Å². The second-order valence-corrected chi connectivity index (χ2v) is 10.1. The first-order chi connectivity index (χ1) is 16.1. The number of ether oxygens (including phenoxy) is 2. The van der Waals surface area contributed by atoms with Gasteiger partial charge in [0.25, 0.3) is 0 Å². The molecule has 34 heavy (non-hydrogen) atoms. The van der Waals surface area contributed by atoms with E-state index < -0.39 is 38.3 Å². The van der Waals surface area contributed by atoms with Gasteiger partial charge in [0.15, 0.2) is 11.9 Å². The van der Waals surface area contributed by atoms with Gasteiger partial charge in [-0.15, -0.1) is 0 Å². The van der Waals surface area contributed by atoms with E-state index in [1.807, 2.05) is 42.3 Å². The first-order valence-corrected chi connectivity index (χ1v) is 12.6. The molecule has 0 saturated carbocycles. The van der Waals surface area contributed by atoms with Gasteiger partial charge >= 0.3 is 7.60 Å².